The number of rotatable bonds is 7. The van der Waals surface area contributed by atoms with Gasteiger partial charge >= 0.3 is 0 Å². The first-order valence-electron chi connectivity index (χ1n) is 8.85. The highest BCUT2D eigenvalue weighted by Crippen LogP contribution is 2.13. The predicted octanol–water partition coefficient (Wildman–Crippen LogP) is 0.467. The van der Waals surface area contributed by atoms with Crippen LogP contribution >= 0.6 is 0 Å². The molecule has 0 spiro atoms. The van der Waals surface area contributed by atoms with Crippen LogP contribution in [0, 0.1) is 13.8 Å². The van der Waals surface area contributed by atoms with Crippen molar-refractivity contribution in [2.45, 2.75) is 26.7 Å². The fourth-order valence-electron chi connectivity index (χ4n) is 3.03. The van der Waals surface area contributed by atoms with E-state index in [-0.39, 0.29) is 0 Å². The standard InChI is InChI=1S/C17H32N6O/c1-14-16(15(2)22(4)21-14)6-5-7-19-17(18-3)20-8-9-23-10-12-24-13-11-23/h5-13H2,1-4H3,(H2,18,19,20). The number of hydrogen-bond acceptors (Lipinski definition) is 4. The van der Waals surface area contributed by atoms with E-state index in [2.05, 4.69) is 39.5 Å². The van der Waals surface area contributed by atoms with Crippen LogP contribution < -0.4 is 10.6 Å². The highest BCUT2D eigenvalue weighted by atomic mass is 16.5. The minimum absolute atomic E-state index is 0.847. The molecule has 2 N–H and O–H groups in total. The second kappa shape index (κ2) is 9.64. The second-order valence-electron chi connectivity index (χ2n) is 6.26. The van der Waals surface area contributed by atoms with Crippen LogP contribution in [0.2, 0.25) is 0 Å². The summed E-state index contributed by atoms with van der Waals surface area (Å²) in [5, 5.41) is 11.2. The molecule has 0 saturated carbocycles. The van der Waals surface area contributed by atoms with Gasteiger partial charge in [-0.15, -0.1) is 0 Å². The maximum Gasteiger partial charge on any atom is 0.191 e. The van der Waals surface area contributed by atoms with Gasteiger partial charge in [-0.25, -0.2) is 0 Å². The molecule has 2 rings (SSSR count). The molecule has 2 heterocycles. The molecule has 1 aromatic rings. The van der Waals surface area contributed by atoms with Crippen LogP contribution in [-0.4, -0.2) is 73.6 Å². The molecule has 136 valence electrons. The fraction of sp³-hybridized carbons (Fsp3) is 0.765. The van der Waals surface area contributed by atoms with Crippen molar-refractivity contribution in [3.8, 4) is 0 Å². The van der Waals surface area contributed by atoms with Gasteiger partial charge in [-0.05, 0) is 32.3 Å². The molecule has 7 nitrogen and oxygen atoms in total. The molecule has 0 amide bonds. The molecule has 0 bridgehead atoms. The van der Waals surface area contributed by atoms with Gasteiger partial charge in [-0.2, -0.15) is 5.10 Å². The van der Waals surface area contributed by atoms with Gasteiger partial charge in [0.1, 0.15) is 0 Å². The third kappa shape index (κ3) is 5.49. The summed E-state index contributed by atoms with van der Waals surface area (Å²) in [6, 6.07) is 0. The van der Waals surface area contributed by atoms with Crippen LogP contribution in [0.5, 0.6) is 0 Å². The summed E-state index contributed by atoms with van der Waals surface area (Å²) >= 11 is 0. The lowest BCUT2D eigenvalue weighted by Gasteiger charge is -2.26. The number of morpholine rings is 1. The molecule has 1 saturated heterocycles. The van der Waals surface area contributed by atoms with Crippen molar-refractivity contribution < 1.29 is 4.74 Å². The van der Waals surface area contributed by atoms with Gasteiger partial charge in [0.05, 0.1) is 18.9 Å². The van der Waals surface area contributed by atoms with Crippen molar-refractivity contribution in [3.05, 3.63) is 17.0 Å². The van der Waals surface area contributed by atoms with Crippen molar-refractivity contribution in [1.82, 2.24) is 25.3 Å². The zero-order chi connectivity index (χ0) is 17.4. The van der Waals surface area contributed by atoms with Crippen molar-refractivity contribution in [3.63, 3.8) is 0 Å². The Morgan fingerprint density at radius 1 is 1.21 bits per heavy atom. The summed E-state index contributed by atoms with van der Waals surface area (Å²) in [7, 11) is 3.82. The minimum atomic E-state index is 0.847. The zero-order valence-electron chi connectivity index (χ0n) is 15.6. The van der Waals surface area contributed by atoms with Crippen molar-refractivity contribution in [1.29, 1.82) is 0 Å². The number of aromatic nitrogens is 2. The Labute approximate surface area is 145 Å². The average Bonchev–Trinajstić information content (AvgIpc) is 2.83. The summed E-state index contributed by atoms with van der Waals surface area (Å²) in [6.07, 6.45) is 2.11. The van der Waals surface area contributed by atoms with E-state index >= 15 is 0 Å². The molecule has 0 unspecified atom stereocenters. The topological polar surface area (TPSA) is 66.7 Å². The van der Waals surface area contributed by atoms with Crippen LogP contribution in [0.4, 0.5) is 0 Å². The molecule has 0 aliphatic carbocycles. The molecule has 0 aromatic carbocycles. The van der Waals surface area contributed by atoms with Gasteiger partial charge in [-0.1, -0.05) is 0 Å². The van der Waals surface area contributed by atoms with Crippen LogP contribution in [0.1, 0.15) is 23.4 Å². The molecule has 1 aromatic heterocycles. The summed E-state index contributed by atoms with van der Waals surface area (Å²) in [6.45, 7) is 10.8. The van der Waals surface area contributed by atoms with Crippen LogP contribution in [0.15, 0.2) is 4.99 Å². The van der Waals surface area contributed by atoms with Crippen LogP contribution in [0.3, 0.4) is 0 Å². The molecule has 7 heteroatoms. The van der Waals surface area contributed by atoms with Crippen molar-refractivity contribution in [2.75, 3.05) is 53.0 Å². The molecule has 1 aliphatic heterocycles. The van der Waals surface area contributed by atoms with Crippen LogP contribution in [0.25, 0.3) is 0 Å². The van der Waals surface area contributed by atoms with Gasteiger partial charge in [0, 0.05) is 52.5 Å². The fourth-order valence-corrected chi connectivity index (χ4v) is 3.03. The van der Waals surface area contributed by atoms with E-state index in [0.717, 1.165) is 70.4 Å². The maximum absolute atomic E-state index is 5.36. The zero-order valence-corrected chi connectivity index (χ0v) is 15.6. The number of hydrogen-bond donors (Lipinski definition) is 2. The van der Waals surface area contributed by atoms with Crippen molar-refractivity contribution >= 4 is 5.96 Å². The number of ether oxygens (including phenoxy) is 1. The highest BCUT2D eigenvalue weighted by Gasteiger charge is 2.10. The van der Waals surface area contributed by atoms with E-state index in [0.29, 0.717) is 0 Å². The molecule has 1 fully saturated rings. The smallest absolute Gasteiger partial charge is 0.191 e. The van der Waals surface area contributed by atoms with Gasteiger partial charge < -0.3 is 15.4 Å². The molecule has 1 aliphatic rings. The first-order valence-corrected chi connectivity index (χ1v) is 8.85. The normalized spacial score (nSPS) is 16.4. The molecule has 0 radical (unpaired) electrons. The number of nitrogens with zero attached hydrogens (tertiary/aromatic N) is 4. The quantitative estimate of drug-likeness (QED) is 0.430. The Balaban J connectivity index is 1.62. The number of aryl methyl sites for hydroxylation is 2. The monoisotopic (exact) mass is 336 g/mol. The Kier molecular flexibility index (Phi) is 7.52. The first-order chi connectivity index (χ1) is 11.6. The molecular weight excluding hydrogens is 304 g/mol. The van der Waals surface area contributed by atoms with E-state index in [9.17, 15) is 0 Å². The van der Waals surface area contributed by atoms with Gasteiger partial charge in [0.15, 0.2) is 5.96 Å². The summed E-state index contributed by atoms with van der Waals surface area (Å²) in [5.74, 6) is 0.878. The molecule has 0 atom stereocenters. The average molecular weight is 336 g/mol. The van der Waals surface area contributed by atoms with E-state index in [1.165, 1.54) is 11.3 Å². The van der Waals surface area contributed by atoms with E-state index in [1.54, 1.807) is 0 Å². The van der Waals surface area contributed by atoms with E-state index < -0.39 is 0 Å². The lowest BCUT2D eigenvalue weighted by atomic mass is 10.1. The lowest BCUT2D eigenvalue weighted by Crippen LogP contribution is -2.44. The Hall–Kier alpha value is -1.60. The van der Waals surface area contributed by atoms with Crippen LogP contribution in [-0.2, 0) is 18.2 Å². The molecular formula is C17H32N6O. The van der Waals surface area contributed by atoms with Gasteiger partial charge in [0.2, 0.25) is 0 Å². The van der Waals surface area contributed by atoms with E-state index in [1.807, 2.05) is 18.8 Å². The number of guanidine groups is 1. The summed E-state index contributed by atoms with van der Waals surface area (Å²) in [4.78, 5) is 6.70. The third-order valence-electron chi connectivity index (χ3n) is 4.60. The third-order valence-corrected chi connectivity index (χ3v) is 4.60. The van der Waals surface area contributed by atoms with Gasteiger partial charge in [0.25, 0.3) is 0 Å². The molecule has 24 heavy (non-hydrogen) atoms. The highest BCUT2D eigenvalue weighted by molar-refractivity contribution is 5.79. The Morgan fingerprint density at radius 2 is 1.92 bits per heavy atom. The van der Waals surface area contributed by atoms with Gasteiger partial charge in [-0.3, -0.25) is 14.6 Å². The summed E-state index contributed by atoms with van der Waals surface area (Å²) in [5.41, 5.74) is 3.78. The SMILES string of the molecule is CN=C(NCCCc1c(C)nn(C)c1C)NCCN1CCOCC1. The minimum Gasteiger partial charge on any atom is -0.379 e. The summed E-state index contributed by atoms with van der Waals surface area (Å²) < 4.78 is 7.33. The number of aliphatic imine (C=N–C) groups is 1. The Morgan fingerprint density at radius 3 is 2.54 bits per heavy atom. The first kappa shape index (κ1) is 18.7. The lowest BCUT2D eigenvalue weighted by molar-refractivity contribution is 0.0389. The van der Waals surface area contributed by atoms with Crippen molar-refractivity contribution in [2.24, 2.45) is 12.0 Å². The van der Waals surface area contributed by atoms with E-state index in [4.69, 9.17) is 4.74 Å². The predicted molar refractivity (Wildman–Crippen MR) is 97.6 cm³/mol. The maximum atomic E-state index is 5.36. The Bertz CT molecular complexity index is 533. The second-order valence-corrected chi connectivity index (χ2v) is 6.26. The largest absolute Gasteiger partial charge is 0.379 e. The number of nitrogens with one attached hydrogen (secondary N) is 2.